The smallest absolute Gasteiger partial charge is 0.253 e. The van der Waals surface area contributed by atoms with Gasteiger partial charge >= 0.3 is 0 Å². The molecule has 2 aromatic rings. The van der Waals surface area contributed by atoms with E-state index in [0.717, 1.165) is 5.01 Å². The van der Waals surface area contributed by atoms with E-state index in [1.54, 1.807) is 4.90 Å². The highest BCUT2D eigenvalue weighted by Gasteiger charge is 2.28. The topological polar surface area (TPSA) is 75.2 Å². The molecule has 1 aliphatic rings. The van der Waals surface area contributed by atoms with Gasteiger partial charge in [-0.1, -0.05) is 11.3 Å². The van der Waals surface area contributed by atoms with Crippen LogP contribution in [0.1, 0.15) is 28.2 Å². The van der Waals surface area contributed by atoms with Crippen molar-refractivity contribution in [2.45, 2.75) is 19.8 Å². The third-order valence-electron chi connectivity index (χ3n) is 4.00. The van der Waals surface area contributed by atoms with Crippen LogP contribution in [0.4, 0.5) is 9.52 Å². The monoisotopic (exact) mass is 348 g/mol. The summed E-state index contributed by atoms with van der Waals surface area (Å²) >= 11 is 1.33. The summed E-state index contributed by atoms with van der Waals surface area (Å²) in [5, 5.41) is 11.8. The van der Waals surface area contributed by atoms with Crippen molar-refractivity contribution in [3.05, 3.63) is 40.7 Å². The minimum atomic E-state index is -0.367. The molecular weight excluding hydrogens is 331 g/mol. The summed E-state index contributed by atoms with van der Waals surface area (Å²) in [5.74, 6) is -0.728. The second-order valence-electron chi connectivity index (χ2n) is 5.69. The van der Waals surface area contributed by atoms with E-state index < -0.39 is 0 Å². The van der Waals surface area contributed by atoms with Gasteiger partial charge in [-0.3, -0.25) is 9.59 Å². The summed E-state index contributed by atoms with van der Waals surface area (Å²) in [5.41, 5.74) is 0.462. The summed E-state index contributed by atoms with van der Waals surface area (Å²) in [6, 6.07) is 5.51. The van der Waals surface area contributed by atoms with Crippen LogP contribution < -0.4 is 5.32 Å². The molecule has 3 rings (SSSR count). The molecule has 1 aliphatic heterocycles. The number of aryl methyl sites for hydroxylation is 1. The molecule has 1 aromatic heterocycles. The predicted molar refractivity (Wildman–Crippen MR) is 88.3 cm³/mol. The fraction of sp³-hybridized carbons (Fsp3) is 0.375. The standard InChI is InChI=1S/C16H17FN4O2S/c1-10-19-20-16(24-10)18-14(22)11-6-8-21(9-7-11)15(23)12-2-4-13(17)5-3-12/h2-5,11H,6-9H2,1H3,(H,18,20,22). The molecule has 24 heavy (non-hydrogen) atoms. The molecule has 0 unspecified atom stereocenters. The molecule has 1 aromatic carbocycles. The molecule has 0 bridgehead atoms. The van der Waals surface area contributed by atoms with E-state index in [-0.39, 0.29) is 23.5 Å². The van der Waals surface area contributed by atoms with Gasteiger partial charge in [0.15, 0.2) is 0 Å². The fourth-order valence-electron chi connectivity index (χ4n) is 2.67. The maximum atomic E-state index is 12.9. The SMILES string of the molecule is Cc1nnc(NC(=O)C2CCN(C(=O)c3ccc(F)cc3)CC2)s1. The number of benzene rings is 1. The van der Waals surface area contributed by atoms with E-state index >= 15 is 0 Å². The number of halogens is 1. The Morgan fingerprint density at radius 3 is 2.46 bits per heavy atom. The van der Waals surface area contributed by atoms with Crippen molar-refractivity contribution in [3.63, 3.8) is 0 Å². The molecule has 0 saturated carbocycles. The minimum absolute atomic E-state index is 0.0833. The van der Waals surface area contributed by atoms with Gasteiger partial charge in [-0.05, 0) is 44.0 Å². The van der Waals surface area contributed by atoms with Gasteiger partial charge in [0.2, 0.25) is 11.0 Å². The van der Waals surface area contributed by atoms with Crippen molar-refractivity contribution >= 4 is 28.3 Å². The molecular formula is C16H17FN4O2S. The van der Waals surface area contributed by atoms with Gasteiger partial charge in [0, 0.05) is 24.6 Å². The zero-order chi connectivity index (χ0) is 17.1. The third-order valence-corrected chi connectivity index (χ3v) is 4.75. The molecule has 0 atom stereocenters. The van der Waals surface area contributed by atoms with Crippen LogP contribution in [0.25, 0.3) is 0 Å². The molecule has 0 spiro atoms. The second-order valence-corrected chi connectivity index (χ2v) is 6.87. The molecule has 1 fully saturated rings. The van der Waals surface area contributed by atoms with Crippen LogP contribution >= 0.6 is 11.3 Å². The molecule has 8 heteroatoms. The van der Waals surface area contributed by atoms with Crippen molar-refractivity contribution in [2.24, 2.45) is 5.92 Å². The highest BCUT2D eigenvalue weighted by Crippen LogP contribution is 2.22. The summed E-state index contributed by atoms with van der Waals surface area (Å²) in [7, 11) is 0. The van der Waals surface area contributed by atoms with Crippen LogP contribution in [0, 0.1) is 18.7 Å². The van der Waals surface area contributed by atoms with E-state index in [9.17, 15) is 14.0 Å². The van der Waals surface area contributed by atoms with Gasteiger partial charge in [-0.2, -0.15) is 0 Å². The van der Waals surface area contributed by atoms with Crippen molar-refractivity contribution < 1.29 is 14.0 Å². The van der Waals surface area contributed by atoms with Crippen LogP contribution in [0.2, 0.25) is 0 Å². The van der Waals surface area contributed by atoms with E-state index in [1.807, 2.05) is 6.92 Å². The summed E-state index contributed by atoms with van der Waals surface area (Å²) in [6.07, 6.45) is 1.19. The Balaban J connectivity index is 1.54. The number of carbonyl (C=O) groups excluding carboxylic acids is 2. The van der Waals surface area contributed by atoms with Crippen molar-refractivity contribution in [1.82, 2.24) is 15.1 Å². The molecule has 0 aliphatic carbocycles. The molecule has 2 heterocycles. The van der Waals surface area contributed by atoms with E-state index in [0.29, 0.717) is 36.6 Å². The first-order valence-corrected chi connectivity index (χ1v) is 8.50. The van der Waals surface area contributed by atoms with E-state index in [4.69, 9.17) is 0 Å². The van der Waals surface area contributed by atoms with Gasteiger partial charge in [-0.25, -0.2) is 4.39 Å². The van der Waals surface area contributed by atoms with Gasteiger partial charge in [0.1, 0.15) is 10.8 Å². The average molecular weight is 348 g/mol. The van der Waals surface area contributed by atoms with Gasteiger partial charge < -0.3 is 10.2 Å². The second kappa shape index (κ2) is 7.04. The van der Waals surface area contributed by atoms with Crippen molar-refractivity contribution in [1.29, 1.82) is 0 Å². The highest BCUT2D eigenvalue weighted by atomic mass is 32.1. The van der Waals surface area contributed by atoms with Gasteiger partial charge in [0.05, 0.1) is 0 Å². The lowest BCUT2D eigenvalue weighted by atomic mass is 9.95. The Morgan fingerprint density at radius 1 is 1.21 bits per heavy atom. The zero-order valence-electron chi connectivity index (χ0n) is 13.2. The number of nitrogens with one attached hydrogen (secondary N) is 1. The van der Waals surface area contributed by atoms with Crippen LogP contribution in [-0.4, -0.2) is 40.0 Å². The Labute approximate surface area is 142 Å². The fourth-order valence-corrected chi connectivity index (χ4v) is 3.27. The number of amides is 2. The number of aromatic nitrogens is 2. The van der Waals surface area contributed by atoms with Gasteiger partial charge in [-0.15, -0.1) is 10.2 Å². The predicted octanol–water partition coefficient (Wildman–Crippen LogP) is 2.48. The Kier molecular flexibility index (Phi) is 4.84. The number of nitrogens with zero attached hydrogens (tertiary/aromatic N) is 3. The Hall–Kier alpha value is -2.35. The lowest BCUT2D eigenvalue weighted by Crippen LogP contribution is -2.41. The first-order chi connectivity index (χ1) is 11.5. The number of piperidine rings is 1. The van der Waals surface area contributed by atoms with E-state index in [1.165, 1.54) is 35.6 Å². The first-order valence-electron chi connectivity index (χ1n) is 7.69. The Morgan fingerprint density at radius 2 is 1.88 bits per heavy atom. The molecule has 0 radical (unpaired) electrons. The normalized spacial score (nSPS) is 15.3. The number of hydrogen-bond acceptors (Lipinski definition) is 5. The highest BCUT2D eigenvalue weighted by molar-refractivity contribution is 7.15. The number of hydrogen-bond donors (Lipinski definition) is 1. The summed E-state index contributed by atoms with van der Waals surface area (Å²) < 4.78 is 12.9. The lowest BCUT2D eigenvalue weighted by Gasteiger charge is -2.31. The third kappa shape index (κ3) is 3.76. The van der Waals surface area contributed by atoms with Gasteiger partial charge in [0.25, 0.3) is 5.91 Å². The van der Waals surface area contributed by atoms with Crippen LogP contribution in [0.5, 0.6) is 0 Å². The summed E-state index contributed by atoms with van der Waals surface area (Å²) in [6.45, 7) is 2.83. The largest absolute Gasteiger partial charge is 0.339 e. The number of likely N-dealkylation sites (tertiary alicyclic amines) is 1. The van der Waals surface area contributed by atoms with E-state index in [2.05, 4.69) is 15.5 Å². The first kappa shape index (κ1) is 16.5. The van der Waals surface area contributed by atoms with Crippen LogP contribution in [-0.2, 0) is 4.79 Å². The zero-order valence-corrected chi connectivity index (χ0v) is 14.0. The Bertz CT molecular complexity index is 739. The molecule has 126 valence electrons. The quantitative estimate of drug-likeness (QED) is 0.925. The minimum Gasteiger partial charge on any atom is -0.339 e. The van der Waals surface area contributed by atoms with Crippen molar-refractivity contribution in [2.75, 3.05) is 18.4 Å². The van der Waals surface area contributed by atoms with Crippen molar-refractivity contribution in [3.8, 4) is 0 Å². The number of carbonyl (C=O) groups is 2. The molecule has 1 N–H and O–H groups in total. The molecule has 6 nitrogen and oxygen atoms in total. The maximum Gasteiger partial charge on any atom is 0.253 e. The maximum absolute atomic E-state index is 12.9. The molecule has 1 saturated heterocycles. The van der Waals surface area contributed by atoms with Crippen LogP contribution in [0.3, 0.4) is 0 Å². The lowest BCUT2D eigenvalue weighted by molar-refractivity contribution is -0.121. The summed E-state index contributed by atoms with van der Waals surface area (Å²) in [4.78, 5) is 26.3. The molecule has 2 amide bonds. The average Bonchev–Trinajstić information content (AvgIpc) is 3.00. The van der Waals surface area contributed by atoms with Crippen LogP contribution in [0.15, 0.2) is 24.3 Å². The number of anilines is 1. The number of rotatable bonds is 3.